The molecule has 2 aromatic carbocycles. The van der Waals surface area contributed by atoms with E-state index in [9.17, 15) is 9.59 Å². The molecule has 1 fully saturated rings. The predicted octanol–water partition coefficient (Wildman–Crippen LogP) is 3.12. The number of aryl methyl sites for hydroxylation is 1. The average molecular weight is 408 g/mol. The van der Waals surface area contributed by atoms with Crippen molar-refractivity contribution in [2.45, 2.75) is 39.8 Å². The number of benzene rings is 2. The first kappa shape index (κ1) is 22.0. The summed E-state index contributed by atoms with van der Waals surface area (Å²) in [5, 5.41) is 0. The maximum absolute atomic E-state index is 13.0. The van der Waals surface area contributed by atoms with Gasteiger partial charge < -0.3 is 9.80 Å². The zero-order chi connectivity index (χ0) is 21.5. The minimum Gasteiger partial charge on any atom is -0.340 e. The zero-order valence-electron chi connectivity index (χ0n) is 18.4. The second-order valence-corrected chi connectivity index (χ2v) is 8.36. The average Bonchev–Trinajstić information content (AvgIpc) is 2.74. The summed E-state index contributed by atoms with van der Waals surface area (Å²) >= 11 is 0. The molecule has 0 saturated carbocycles. The molecule has 0 spiro atoms. The number of carbonyl (C=O) groups excluding carboxylic acids is 2. The highest BCUT2D eigenvalue weighted by molar-refractivity contribution is 5.80. The molecule has 2 amide bonds. The van der Waals surface area contributed by atoms with Crippen LogP contribution in [0.3, 0.4) is 0 Å². The molecule has 1 aliphatic heterocycles. The fraction of sp³-hybridized carbons (Fsp3) is 0.440. The van der Waals surface area contributed by atoms with E-state index >= 15 is 0 Å². The molecule has 1 aliphatic rings. The summed E-state index contributed by atoms with van der Waals surface area (Å²) in [5.74, 6) is 0.316. The Morgan fingerprint density at radius 3 is 2.20 bits per heavy atom. The Kier molecular flexibility index (Phi) is 7.63. The highest BCUT2D eigenvalue weighted by Gasteiger charge is 2.25. The highest BCUT2D eigenvalue weighted by atomic mass is 16.2. The molecule has 2 aromatic rings. The lowest BCUT2D eigenvalue weighted by molar-refractivity contribution is -0.136. The van der Waals surface area contributed by atoms with Gasteiger partial charge in [0.15, 0.2) is 0 Å². The monoisotopic (exact) mass is 407 g/mol. The first-order chi connectivity index (χ1) is 14.4. The second-order valence-electron chi connectivity index (χ2n) is 8.36. The van der Waals surface area contributed by atoms with E-state index in [1.165, 1.54) is 0 Å². The van der Waals surface area contributed by atoms with Crippen LogP contribution in [0.4, 0.5) is 0 Å². The van der Waals surface area contributed by atoms with Crippen molar-refractivity contribution in [3.8, 4) is 0 Å². The van der Waals surface area contributed by atoms with Crippen molar-refractivity contribution in [3.05, 3.63) is 71.3 Å². The molecule has 0 aromatic heterocycles. The van der Waals surface area contributed by atoms with Gasteiger partial charge in [-0.15, -0.1) is 0 Å². The van der Waals surface area contributed by atoms with Crippen LogP contribution in [0.25, 0.3) is 0 Å². The van der Waals surface area contributed by atoms with Gasteiger partial charge in [0.05, 0.1) is 13.0 Å². The molecular formula is C25H33N3O2. The smallest absolute Gasteiger partial charge is 0.237 e. The van der Waals surface area contributed by atoms with E-state index in [2.05, 4.69) is 30.9 Å². The molecule has 0 unspecified atom stereocenters. The van der Waals surface area contributed by atoms with Gasteiger partial charge in [0.1, 0.15) is 0 Å². The molecule has 0 N–H and O–H groups in total. The van der Waals surface area contributed by atoms with E-state index < -0.39 is 0 Å². The van der Waals surface area contributed by atoms with Crippen LogP contribution < -0.4 is 0 Å². The maximum atomic E-state index is 13.0. The number of hydrogen-bond acceptors (Lipinski definition) is 3. The van der Waals surface area contributed by atoms with Crippen molar-refractivity contribution in [2.75, 3.05) is 32.7 Å². The topological polar surface area (TPSA) is 43.9 Å². The van der Waals surface area contributed by atoms with Crippen LogP contribution in [0, 0.1) is 6.92 Å². The van der Waals surface area contributed by atoms with Gasteiger partial charge in [0.2, 0.25) is 11.8 Å². The van der Waals surface area contributed by atoms with Crippen LogP contribution >= 0.6 is 0 Å². The molecule has 160 valence electrons. The van der Waals surface area contributed by atoms with Gasteiger partial charge in [0.25, 0.3) is 0 Å². The summed E-state index contributed by atoms with van der Waals surface area (Å²) < 4.78 is 0. The third kappa shape index (κ3) is 5.92. The lowest BCUT2D eigenvalue weighted by Crippen LogP contribution is -2.52. The maximum Gasteiger partial charge on any atom is 0.237 e. The Balaban J connectivity index is 1.50. The number of carbonyl (C=O) groups is 2. The lowest BCUT2D eigenvalue weighted by Gasteiger charge is -2.36. The minimum absolute atomic E-state index is 0.147. The predicted molar refractivity (Wildman–Crippen MR) is 120 cm³/mol. The van der Waals surface area contributed by atoms with Crippen LogP contribution in [0.15, 0.2) is 54.6 Å². The molecule has 1 saturated heterocycles. The van der Waals surface area contributed by atoms with E-state index in [0.29, 0.717) is 32.6 Å². The Labute approximate surface area is 180 Å². The minimum atomic E-state index is 0.147. The summed E-state index contributed by atoms with van der Waals surface area (Å²) in [6.45, 7) is 10.0. The van der Waals surface area contributed by atoms with Crippen molar-refractivity contribution < 1.29 is 9.59 Å². The molecular weight excluding hydrogens is 374 g/mol. The lowest BCUT2D eigenvalue weighted by atomic mass is 10.1. The van der Waals surface area contributed by atoms with Crippen LogP contribution in [0.2, 0.25) is 0 Å². The van der Waals surface area contributed by atoms with Crippen molar-refractivity contribution in [3.63, 3.8) is 0 Å². The van der Waals surface area contributed by atoms with Crippen molar-refractivity contribution in [2.24, 2.45) is 0 Å². The first-order valence-electron chi connectivity index (χ1n) is 10.8. The normalized spacial score (nSPS) is 14.7. The van der Waals surface area contributed by atoms with Crippen LogP contribution in [0.1, 0.15) is 30.5 Å². The Morgan fingerprint density at radius 2 is 1.57 bits per heavy atom. The van der Waals surface area contributed by atoms with Gasteiger partial charge in [0, 0.05) is 38.8 Å². The number of amides is 2. The van der Waals surface area contributed by atoms with Gasteiger partial charge in [-0.1, -0.05) is 54.6 Å². The third-order valence-corrected chi connectivity index (χ3v) is 5.83. The molecule has 0 bridgehead atoms. The molecule has 0 aliphatic carbocycles. The van der Waals surface area contributed by atoms with Gasteiger partial charge >= 0.3 is 0 Å². The zero-order valence-corrected chi connectivity index (χ0v) is 18.4. The van der Waals surface area contributed by atoms with Crippen LogP contribution in [-0.2, 0) is 22.6 Å². The van der Waals surface area contributed by atoms with E-state index in [-0.39, 0.29) is 17.9 Å². The molecule has 30 heavy (non-hydrogen) atoms. The van der Waals surface area contributed by atoms with Crippen molar-refractivity contribution in [1.82, 2.24) is 14.7 Å². The SMILES string of the molecule is Cc1ccccc1CC(=O)N1CCN(CC(=O)N(Cc2ccccc2)C(C)C)CC1. The van der Waals surface area contributed by atoms with Crippen molar-refractivity contribution in [1.29, 1.82) is 0 Å². The number of hydrogen-bond donors (Lipinski definition) is 0. The quantitative estimate of drug-likeness (QED) is 0.708. The number of piperazine rings is 1. The van der Waals surface area contributed by atoms with Gasteiger partial charge in [-0.2, -0.15) is 0 Å². The fourth-order valence-electron chi connectivity index (χ4n) is 3.86. The summed E-state index contributed by atoms with van der Waals surface area (Å²) in [7, 11) is 0. The summed E-state index contributed by atoms with van der Waals surface area (Å²) in [5.41, 5.74) is 3.39. The third-order valence-electron chi connectivity index (χ3n) is 5.83. The molecule has 1 heterocycles. The van der Waals surface area contributed by atoms with Gasteiger partial charge in [-0.05, 0) is 37.5 Å². The molecule has 5 nitrogen and oxygen atoms in total. The summed E-state index contributed by atoms with van der Waals surface area (Å²) in [4.78, 5) is 31.7. The van der Waals surface area contributed by atoms with E-state index in [4.69, 9.17) is 0 Å². The standard InChI is InChI=1S/C25H33N3O2/c1-20(2)28(18-22-10-5-4-6-11-22)25(30)19-26-13-15-27(16-14-26)24(29)17-23-12-8-7-9-21(23)3/h4-12,20H,13-19H2,1-3H3. The Morgan fingerprint density at radius 1 is 0.933 bits per heavy atom. The number of nitrogens with zero attached hydrogens (tertiary/aromatic N) is 3. The molecule has 5 heteroatoms. The summed E-state index contributed by atoms with van der Waals surface area (Å²) in [6, 6.07) is 18.3. The van der Waals surface area contributed by atoms with Gasteiger partial charge in [-0.3, -0.25) is 14.5 Å². The first-order valence-corrected chi connectivity index (χ1v) is 10.8. The molecule has 0 radical (unpaired) electrons. The summed E-state index contributed by atoms with van der Waals surface area (Å²) in [6.07, 6.45) is 0.448. The Bertz CT molecular complexity index is 842. The van der Waals surface area contributed by atoms with E-state index in [1.807, 2.05) is 59.2 Å². The molecule has 0 atom stereocenters. The second kappa shape index (κ2) is 10.4. The molecule has 3 rings (SSSR count). The van der Waals surface area contributed by atoms with Crippen molar-refractivity contribution >= 4 is 11.8 Å². The number of rotatable bonds is 7. The van der Waals surface area contributed by atoms with Crippen LogP contribution in [-0.4, -0.2) is 65.3 Å². The van der Waals surface area contributed by atoms with E-state index in [0.717, 1.165) is 29.8 Å². The Hall–Kier alpha value is -2.66. The van der Waals surface area contributed by atoms with Gasteiger partial charge in [-0.25, -0.2) is 0 Å². The largest absolute Gasteiger partial charge is 0.340 e. The fourth-order valence-corrected chi connectivity index (χ4v) is 3.86. The highest BCUT2D eigenvalue weighted by Crippen LogP contribution is 2.13. The van der Waals surface area contributed by atoms with E-state index in [1.54, 1.807) is 0 Å². The van der Waals surface area contributed by atoms with Crippen LogP contribution in [0.5, 0.6) is 0 Å².